The van der Waals surface area contributed by atoms with Gasteiger partial charge in [0.15, 0.2) is 0 Å². The molecule has 2 aromatic rings. The fourth-order valence-electron chi connectivity index (χ4n) is 1.75. The zero-order chi connectivity index (χ0) is 13.1. The fourth-order valence-corrected chi connectivity index (χ4v) is 3.52. The molecule has 2 aromatic heterocycles. The van der Waals surface area contributed by atoms with Gasteiger partial charge >= 0.3 is 0 Å². The molecule has 0 bridgehead atoms. The van der Waals surface area contributed by atoms with Crippen LogP contribution in [0, 0.1) is 0 Å². The largest absolute Gasteiger partial charge is 0.313 e. The third-order valence-electron chi connectivity index (χ3n) is 2.69. The Morgan fingerprint density at radius 2 is 2.17 bits per heavy atom. The van der Waals surface area contributed by atoms with E-state index in [-0.39, 0.29) is 6.04 Å². The summed E-state index contributed by atoms with van der Waals surface area (Å²) in [6.45, 7) is 0. The molecular formula is C12H11Cl3N2S. The molecule has 0 amide bonds. The molecule has 0 aliphatic rings. The van der Waals surface area contributed by atoms with Gasteiger partial charge in [0.05, 0.1) is 13.7 Å². The summed E-state index contributed by atoms with van der Waals surface area (Å²) in [5, 5.41) is 3.89. The molecule has 0 saturated heterocycles. The van der Waals surface area contributed by atoms with E-state index in [2.05, 4.69) is 10.3 Å². The third-order valence-corrected chi connectivity index (χ3v) is 4.55. The lowest BCUT2D eigenvalue weighted by atomic mass is 10.0. The van der Waals surface area contributed by atoms with E-state index in [1.54, 1.807) is 12.4 Å². The van der Waals surface area contributed by atoms with Crippen LogP contribution in [0.3, 0.4) is 0 Å². The van der Waals surface area contributed by atoms with Gasteiger partial charge in [0.25, 0.3) is 0 Å². The lowest BCUT2D eigenvalue weighted by Gasteiger charge is -2.16. The second kappa shape index (κ2) is 6.22. The molecule has 2 rings (SSSR count). The second-order valence-corrected chi connectivity index (χ2v) is 6.48. The summed E-state index contributed by atoms with van der Waals surface area (Å²) in [6.07, 6.45) is 4.12. The molecule has 0 radical (unpaired) electrons. The van der Waals surface area contributed by atoms with Crippen molar-refractivity contribution in [3.05, 3.63) is 49.3 Å². The summed E-state index contributed by atoms with van der Waals surface area (Å²) in [7, 11) is 1.89. The predicted molar refractivity (Wildman–Crippen MR) is 79.1 cm³/mol. The van der Waals surface area contributed by atoms with E-state index in [4.69, 9.17) is 34.8 Å². The molecule has 0 aliphatic heterocycles. The lowest BCUT2D eigenvalue weighted by molar-refractivity contribution is 0.594. The van der Waals surface area contributed by atoms with Crippen molar-refractivity contribution >= 4 is 46.1 Å². The Hall–Kier alpha value is -0.320. The summed E-state index contributed by atoms with van der Waals surface area (Å²) < 4.78 is 1.40. The van der Waals surface area contributed by atoms with Gasteiger partial charge in [-0.15, -0.1) is 11.3 Å². The first-order valence-electron chi connectivity index (χ1n) is 5.32. The molecule has 0 fully saturated rings. The quantitative estimate of drug-likeness (QED) is 0.889. The maximum absolute atomic E-state index is 6.17. The average molecular weight is 322 g/mol. The third kappa shape index (κ3) is 3.16. The molecule has 2 nitrogen and oxygen atoms in total. The molecule has 2 heterocycles. The molecule has 6 heteroatoms. The zero-order valence-electron chi connectivity index (χ0n) is 9.58. The van der Waals surface area contributed by atoms with Crippen LogP contribution in [0.5, 0.6) is 0 Å². The Balaban J connectivity index is 2.25. The van der Waals surface area contributed by atoms with Crippen molar-refractivity contribution in [3.8, 4) is 0 Å². The fraction of sp³-hybridized carbons (Fsp3) is 0.250. The highest BCUT2D eigenvalue weighted by Crippen LogP contribution is 2.36. The number of aromatic nitrogens is 1. The lowest BCUT2D eigenvalue weighted by Crippen LogP contribution is -2.18. The molecule has 1 unspecified atom stereocenters. The van der Waals surface area contributed by atoms with Crippen LogP contribution in [0.4, 0.5) is 0 Å². The van der Waals surface area contributed by atoms with Crippen molar-refractivity contribution in [1.82, 2.24) is 10.3 Å². The normalized spacial score (nSPS) is 12.7. The monoisotopic (exact) mass is 320 g/mol. The summed E-state index contributed by atoms with van der Waals surface area (Å²) in [5.74, 6) is 0. The highest BCUT2D eigenvalue weighted by atomic mass is 35.5. The van der Waals surface area contributed by atoms with Gasteiger partial charge in [-0.1, -0.05) is 34.8 Å². The Bertz CT molecular complexity index is 542. The van der Waals surface area contributed by atoms with Gasteiger partial charge < -0.3 is 5.32 Å². The van der Waals surface area contributed by atoms with Crippen LogP contribution in [0.15, 0.2) is 24.5 Å². The maximum atomic E-state index is 6.17. The molecule has 0 saturated carbocycles. The van der Waals surface area contributed by atoms with Crippen molar-refractivity contribution in [2.45, 2.75) is 12.5 Å². The smallest absolute Gasteiger partial charge is 0.0992 e. The average Bonchev–Trinajstić information content (AvgIpc) is 2.67. The topological polar surface area (TPSA) is 24.9 Å². The highest BCUT2D eigenvalue weighted by molar-refractivity contribution is 7.20. The SMILES string of the molecule is CNC(Cc1ccncc1Cl)c1cc(Cl)sc1Cl. The standard InChI is InChI=1S/C12H11Cl3N2S/c1-16-10(8-5-11(14)18-12(8)15)4-7-2-3-17-6-9(7)13/h2-3,5-6,10,16H,4H2,1H3. The number of hydrogen-bond donors (Lipinski definition) is 1. The van der Waals surface area contributed by atoms with E-state index in [1.165, 1.54) is 11.3 Å². The predicted octanol–water partition coefficient (Wildman–Crippen LogP) is 4.61. The van der Waals surface area contributed by atoms with Crippen LogP contribution in [0.1, 0.15) is 17.2 Å². The van der Waals surface area contributed by atoms with Crippen molar-refractivity contribution < 1.29 is 0 Å². The number of thiophene rings is 1. The Morgan fingerprint density at radius 1 is 1.39 bits per heavy atom. The van der Waals surface area contributed by atoms with Crippen LogP contribution < -0.4 is 5.32 Å². The van der Waals surface area contributed by atoms with Gasteiger partial charge in [-0.25, -0.2) is 0 Å². The van der Waals surface area contributed by atoms with Crippen molar-refractivity contribution in [2.75, 3.05) is 7.05 Å². The van der Waals surface area contributed by atoms with E-state index >= 15 is 0 Å². The second-order valence-electron chi connectivity index (χ2n) is 3.79. The van der Waals surface area contributed by atoms with Gasteiger partial charge in [-0.05, 0) is 31.2 Å². The van der Waals surface area contributed by atoms with Crippen LogP contribution in [0.25, 0.3) is 0 Å². The first-order chi connectivity index (χ1) is 8.61. The summed E-state index contributed by atoms with van der Waals surface area (Å²) in [6, 6.07) is 3.89. The summed E-state index contributed by atoms with van der Waals surface area (Å²) in [5.41, 5.74) is 2.03. The molecular weight excluding hydrogens is 311 g/mol. The Labute approximate surface area is 125 Å². The molecule has 0 aliphatic carbocycles. The van der Waals surface area contributed by atoms with E-state index in [9.17, 15) is 0 Å². The van der Waals surface area contributed by atoms with Gasteiger partial charge in [-0.2, -0.15) is 0 Å². The van der Waals surface area contributed by atoms with Gasteiger partial charge in [0, 0.05) is 24.0 Å². The molecule has 1 N–H and O–H groups in total. The minimum atomic E-state index is 0.0844. The van der Waals surface area contributed by atoms with E-state index < -0.39 is 0 Å². The van der Waals surface area contributed by atoms with Gasteiger partial charge in [0.2, 0.25) is 0 Å². The number of pyridine rings is 1. The van der Waals surface area contributed by atoms with Crippen LogP contribution >= 0.6 is 46.1 Å². The number of nitrogens with one attached hydrogen (secondary N) is 1. The van der Waals surface area contributed by atoms with Gasteiger partial charge in [-0.3, -0.25) is 4.98 Å². The Morgan fingerprint density at radius 3 is 2.72 bits per heavy atom. The summed E-state index contributed by atoms with van der Waals surface area (Å²) >= 11 is 19.6. The highest BCUT2D eigenvalue weighted by Gasteiger charge is 2.17. The van der Waals surface area contributed by atoms with Crippen LogP contribution in [-0.4, -0.2) is 12.0 Å². The van der Waals surface area contributed by atoms with Crippen LogP contribution in [-0.2, 0) is 6.42 Å². The van der Waals surface area contributed by atoms with E-state index in [0.717, 1.165) is 17.5 Å². The number of nitrogens with zero attached hydrogens (tertiary/aromatic N) is 1. The minimum absolute atomic E-state index is 0.0844. The van der Waals surface area contributed by atoms with Crippen molar-refractivity contribution in [2.24, 2.45) is 0 Å². The number of halogens is 3. The molecule has 18 heavy (non-hydrogen) atoms. The Kier molecular flexibility index (Phi) is 4.87. The molecule has 1 atom stereocenters. The maximum Gasteiger partial charge on any atom is 0.0992 e. The molecule has 0 aromatic carbocycles. The number of rotatable bonds is 4. The molecule has 96 valence electrons. The van der Waals surface area contributed by atoms with Crippen LogP contribution in [0.2, 0.25) is 13.7 Å². The van der Waals surface area contributed by atoms with Crippen molar-refractivity contribution in [1.29, 1.82) is 0 Å². The van der Waals surface area contributed by atoms with E-state index in [0.29, 0.717) is 13.7 Å². The number of hydrogen-bond acceptors (Lipinski definition) is 3. The van der Waals surface area contributed by atoms with Crippen molar-refractivity contribution in [3.63, 3.8) is 0 Å². The first-order valence-corrected chi connectivity index (χ1v) is 7.27. The zero-order valence-corrected chi connectivity index (χ0v) is 12.7. The minimum Gasteiger partial charge on any atom is -0.313 e. The number of likely N-dealkylation sites (N-methyl/N-ethyl adjacent to an activating group) is 1. The van der Waals surface area contributed by atoms with Gasteiger partial charge in [0.1, 0.15) is 0 Å². The summed E-state index contributed by atoms with van der Waals surface area (Å²) in [4.78, 5) is 3.97. The van der Waals surface area contributed by atoms with E-state index in [1.807, 2.05) is 19.2 Å². The molecule has 0 spiro atoms. The first kappa shape index (κ1) is 14.1.